The minimum Gasteiger partial charge on any atom is -0.262 e. The van der Waals surface area contributed by atoms with Crippen LogP contribution in [0.1, 0.15) is 61.0 Å². The Balaban J connectivity index is 2.59. The smallest absolute Gasteiger partial charge is 0.119 e. The van der Waals surface area contributed by atoms with E-state index in [4.69, 9.17) is 4.99 Å². The number of nitrogens with zero attached hydrogens (tertiary/aromatic N) is 1. The van der Waals surface area contributed by atoms with Gasteiger partial charge in [-0.15, -0.1) is 0 Å². The molecule has 0 saturated carbocycles. The summed E-state index contributed by atoms with van der Waals surface area (Å²) in [7, 11) is -1.69. The molecule has 0 aromatic heterocycles. The molecule has 1 fully saturated rings. The van der Waals surface area contributed by atoms with Crippen LogP contribution in [0.4, 0.5) is 5.69 Å². The molecule has 22 heavy (non-hydrogen) atoms. The van der Waals surface area contributed by atoms with E-state index < -0.39 is 8.07 Å². The molecule has 122 valence electrons. The Kier molecular flexibility index (Phi) is 4.23. The molecule has 1 heterocycles. The summed E-state index contributed by atoms with van der Waals surface area (Å²) < 4.78 is 0. The van der Waals surface area contributed by atoms with Crippen molar-refractivity contribution >= 4 is 19.1 Å². The zero-order valence-electron chi connectivity index (χ0n) is 15.9. The first kappa shape index (κ1) is 17.5. The molecule has 1 aliphatic rings. The predicted octanol–water partition coefficient (Wildman–Crippen LogP) is 6.70. The molecule has 2 atom stereocenters. The van der Waals surface area contributed by atoms with Gasteiger partial charge < -0.3 is 0 Å². The highest BCUT2D eigenvalue weighted by Crippen LogP contribution is 2.66. The summed E-state index contributed by atoms with van der Waals surface area (Å²) in [5.74, 6) is 0.617. The molecule has 2 heteroatoms. The first-order valence-electron chi connectivity index (χ1n) is 8.58. The third kappa shape index (κ3) is 2.40. The Hall–Kier alpha value is -0.893. The van der Waals surface area contributed by atoms with Crippen molar-refractivity contribution in [3.63, 3.8) is 0 Å². The van der Waals surface area contributed by atoms with Crippen LogP contribution in [0.3, 0.4) is 0 Å². The van der Waals surface area contributed by atoms with Crippen molar-refractivity contribution in [2.24, 2.45) is 10.9 Å². The van der Waals surface area contributed by atoms with Crippen molar-refractivity contribution in [3.05, 3.63) is 29.8 Å². The lowest BCUT2D eigenvalue weighted by Crippen LogP contribution is -2.72. The second-order valence-electron chi connectivity index (χ2n) is 9.22. The molecule has 0 unspecified atom stereocenters. The van der Waals surface area contributed by atoms with Gasteiger partial charge >= 0.3 is 0 Å². The van der Waals surface area contributed by atoms with Crippen molar-refractivity contribution in [3.8, 4) is 0 Å². The molecule has 1 saturated heterocycles. The molecule has 1 aromatic rings. The quantitative estimate of drug-likeness (QED) is 0.511. The van der Waals surface area contributed by atoms with E-state index in [0.717, 1.165) is 11.2 Å². The molecule has 0 radical (unpaired) electrons. The summed E-state index contributed by atoms with van der Waals surface area (Å²) in [6.07, 6.45) is 0. The Morgan fingerprint density at radius 2 is 1.32 bits per heavy atom. The number of aryl methyl sites for hydroxylation is 1. The van der Waals surface area contributed by atoms with Crippen molar-refractivity contribution in [1.29, 1.82) is 0 Å². The van der Waals surface area contributed by atoms with Gasteiger partial charge in [0, 0.05) is 5.33 Å². The molecular formula is C20H33NSi. The van der Waals surface area contributed by atoms with Gasteiger partial charge in [-0.1, -0.05) is 73.1 Å². The van der Waals surface area contributed by atoms with E-state index >= 15 is 0 Å². The van der Waals surface area contributed by atoms with Gasteiger partial charge in [0.2, 0.25) is 0 Å². The fourth-order valence-electron chi connectivity index (χ4n) is 5.32. The summed E-state index contributed by atoms with van der Waals surface area (Å²) in [5.41, 5.74) is 3.22. The van der Waals surface area contributed by atoms with E-state index in [-0.39, 0.29) is 0 Å². The van der Waals surface area contributed by atoms with E-state index in [1.54, 1.807) is 0 Å². The maximum atomic E-state index is 5.20. The summed E-state index contributed by atoms with van der Waals surface area (Å²) in [6, 6.07) is 8.68. The first-order valence-corrected chi connectivity index (χ1v) is 10.7. The molecule has 1 nitrogen and oxygen atoms in total. The van der Waals surface area contributed by atoms with E-state index in [0.29, 0.717) is 16.0 Å². The standard InChI is InChI=1S/C20H33NSi/c1-14-10-12-17(13-11-14)21-18-15(2)16(3)22(18,19(4,5)6)20(7,8)9/h10-13,15-16H,1-9H3/t15-,16-/m1/s1. The normalized spacial score (nSPS) is 26.9. The monoisotopic (exact) mass is 315 g/mol. The molecule has 1 aromatic carbocycles. The van der Waals surface area contributed by atoms with Crippen LogP contribution in [0.5, 0.6) is 0 Å². The van der Waals surface area contributed by atoms with Gasteiger partial charge in [0.05, 0.1) is 5.69 Å². The van der Waals surface area contributed by atoms with Gasteiger partial charge in [-0.2, -0.15) is 0 Å². The van der Waals surface area contributed by atoms with Gasteiger partial charge in [-0.3, -0.25) is 4.99 Å². The maximum Gasteiger partial charge on any atom is 0.119 e. The van der Waals surface area contributed by atoms with Crippen LogP contribution in [0.2, 0.25) is 15.6 Å². The van der Waals surface area contributed by atoms with Crippen LogP contribution < -0.4 is 0 Å². The van der Waals surface area contributed by atoms with Gasteiger partial charge in [0.15, 0.2) is 0 Å². The van der Waals surface area contributed by atoms with Crippen molar-refractivity contribution in [1.82, 2.24) is 0 Å². The second-order valence-corrected chi connectivity index (χ2v) is 15.3. The lowest BCUT2D eigenvalue weighted by molar-refractivity contribution is 0.530. The summed E-state index contributed by atoms with van der Waals surface area (Å²) >= 11 is 0. The lowest BCUT2D eigenvalue weighted by Gasteiger charge is -2.65. The van der Waals surface area contributed by atoms with E-state index in [1.807, 2.05) is 0 Å². The molecule has 0 N–H and O–H groups in total. The third-order valence-electron chi connectivity index (χ3n) is 5.92. The van der Waals surface area contributed by atoms with Crippen LogP contribution in [0.25, 0.3) is 0 Å². The predicted molar refractivity (Wildman–Crippen MR) is 102 cm³/mol. The van der Waals surface area contributed by atoms with Gasteiger partial charge in [-0.05, 0) is 40.6 Å². The maximum absolute atomic E-state index is 5.20. The highest BCUT2D eigenvalue weighted by Gasteiger charge is 2.68. The molecule has 0 amide bonds. The van der Waals surface area contributed by atoms with E-state index in [2.05, 4.69) is 86.6 Å². The third-order valence-corrected chi connectivity index (χ3v) is 13.9. The molecule has 2 rings (SSSR count). The van der Waals surface area contributed by atoms with Crippen molar-refractivity contribution < 1.29 is 0 Å². The van der Waals surface area contributed by atoms with Crippen molar-refractivity contribution in [2.45, 2.75) is 77.9 Å². The second kappa shape index (κ2) is 5.33. The van der Waals surface area contributed by atoms with Gasteiger partial charge in [0.1, 0.15) is 8.07 Å². The number of benzene rings is 1. The van der Waals surface area contributed by atoms with Crippen molar-refractivity contribution in [2.75, 3.05) is 0 Å². The van der Waals surface area contributed by atoms with Gasteiger partial charge in [-0.25, -0.2) is 0 Å². The average Bonchev–Trinajstić information content (AvgIpc) is 2.36. The zero-order valence-corrected chi connectivity index (χ0v) is 16.9. The number of hydrogen-bond donors (Lipinski definition) is 0. The van der Waals surface area contributed by atoms with Gasteiger partial charge in [0.25, 0.3) is 0 Å². The number of hydrogen-bond acceptors (Lipinski definition) is 1. The highest BCUT2D eigenvalue weighted by molar-refractivity contribution is 7.15. The first-order chi connectivity index (χ1) is 9.93. The Morgan fingerprint density at radius 3 is 1.73 bits per heavy atom. The molecule has 0 aliphatic carbocycles. The Labute approximate surface area is 138 Å². The molecule has 1 aliphatic heterocycles. The molecule has 0 bridgehead atoms. The summed E-state index contributed by atoms with van der Waals surface area (Å²) in [4.78, 5) is 5.20. The SMILES string of the molecule is Cc1ccc(N=C2[C@H](C)[C@@H](C)[Si]2(C(C)(C)C)C(C)(C)C)cc1. The molecule has 0 spiro atoms. The van der Waals surface area contributed by atoms with Crippen LogP contribution in [0, 0.1) is 12.8 Å². The summed E-state index contributed by atoms with van der Waals surface area (Å²) in [6.45, 7) is 21.6. The largest absolute Gasteiger partial charge is 0.262 e. The fraction of sp³-hybridized carbons (Fsp3) is 0.650. The molecular weight excluding hydrogens is 282 g/mol. The number of rotatable bonds is 1. The fourth-order valence-corrected chi connectivity index (χ4v) is 14.2. The minimum absolute atomic E-state index is 0.334. The van der Waals surface area contributed by atoms with Crippen LogP contribution in [-0.2, 0) is 0 Å². The Bertz CT molecular complexity index is 555. The number of aliphatic imine (C=N–C) groups is 1. The van der Waals surface area contributed by atoms with E-state index in [9.17, 15) is 0 Å². The van der Waals surface area contributed by atoms with Crippen LogP contribution in [0.15, 0.2) is 29.3 Å². The highest BCUT2D eigenvalue weighted by atomic mass is 28.3. The van der Waals surface area contributed by atoms with Crippen LogP contribution in [-0.4, -0.2) is 13.4 Å². The topological polar surface area (TPSA) is 12.4 Å². The minimum atomic E-state index is -1.69. The Morgan fingerprint density at radius 1 is 0.864 bits per heavy atom. The van der Waals surface area contributed by atoms with E-state index in [1.165, 1.54) is 10.9 Å². The summed E-state index contributed by atoms with van der Waals surface area (Å²) in [5, 5.41) is 2.20. The lowest BCUT2D eigenvalue weighted by atomic mass is 10.1. The zero-order chi connectivity index (χ0) is 16.9. The average molecular weight is 316 g/mol. The van der Waals surface area contributed by atoms with Crippen LogP contribution >= 0.6 is 0 Å².